The Morgan fingerprint density at radius 3 is 2.50 bits per heavy atom. The van der Waals surface area contributed by atoms with Crippen LogP contribution >= 0.6 is 11.6 Å². The highest BCUT2D eigenvalue weighted by molar-refractivity contribution is 6.35. The normalized spacial score (nSPS) is 12.8. The third-order valence-corrected chi connectivity index (χ3v) is 4.79. The molecule has 1 unspecified atom stereocenters. The molecule has 5 heteroatoms. The molecule has 2 aromatic carbocycles. The number of aromatic amines is 1. The molecule has 1 heterocycles. The number of aromatic hydroxyl groups is 2. The maximum atomic E-state index is 9.94. The molecule has 1 atom stereocenters. The molecule has 0 aliphatic rings. The molecule has 0 bridgehead atoms. The average molecular weight is 345 g/mol. The lowest BCUT2D eigenvalue weighted by Gasteiger charge is -2.30. The zero-order valence-corrected chi connectivity index (χ0v) is 14.5. The van der Waals surface area contributed by atoms with Gasteiger partial charge in [0.15, 0.2) is 11.5 Å². The van der Waals surface area contributed by atoms with Crippen LogP contribution in [0.4, 0.5) is 0 Å². The van der Waals surface area contributed by atoms with Crippen LogP contribution in [-0.4, -0.2) is 33.2 Å². The van der Waals surface area contributed by atoms with Gasteiger partial charge in [-0.25, -0.2) is 0 Å². The van der Waals surface area contributed by atoms with E-state index in [1.54, 1.807) is 6.07 Å². The van der Waals surface area contributed by atoms with Crippen molar-refractivity contribution in [3.63, 3.8) is 0 Å². The van der Waals surface area contributed by atoms with Crippen LogP contribution in [0.5, 0.6) is 11.5 Å². The number of benzene rings is 2. The Bertz CT molecular complexity index is 856. The van der Waals surface area contributed by atoms with Crippen molar-refractivity contribution in [2.24, 2.45) is 0 Å². The fourth-order valence-electron chi connectivity index (χ4n) is 3.27. The zero-order chi connectivity index (χ0) is 17.3. The average Bonchev–Trinajstić information content (AvgIpc) is 3.00. The van der Waals surface area contributed by atoms with E-state index in [4.69, 9.17) is 11.6 Å². The van der Waals surface area contributed by atoms with E-state index >= 15 is 0 Å². The summed E-state index contributed by atoms with van der Waals surface area (Å²) in [6, 6.07) is 10.7. The highest BCUT2D eigenvalue weighted by atomic mass is 35.5. The maximum Gasteiger partial charge on any atom is 0.157 e. The molecule has 126 valence electrons. The molecular weight excluding hydrogens is 324 g/mol. The number of phenolic OH excluding ortho intramolecular Hbond substituents is 2. The zero-order valence-electron chi connectivity index (χ0n) is 13.8. The van der Waals surface area contributed by atoms with Gasteiger partial charge in [0.25, 0.3) is 0 Å². The molecule has 1 aromatic heterocycles. The number of nitrogens with one attached hydrogen (secondary N) is 1. The second-order valence-corrected chi connectivity index (χ2v) is 6.19. The molecule has 0 aliphatic carbocycles. The highest BCUT2D eigenvalue weighted by Crippen LogP contribution is 2.39. The molecule has 4 nitrogen and oxygen atoms in total. The number of hydrogen-bond acceptors (Lipinski definition) is 3. The van der Waals surface area contributed by atoms with Gasteiger partial charge in [0.2, 0.25) is 0 Å². The summed E-state index contributed by atoms with van der Waals surface area (Å²) in [6.45, 7) is 5.90. The van der Waals surface area contributed by atoms with Crippen molar-refractivity contribution in [3.05, 3.63) is 58.7 Å². The van der Waals surface area contributed by atoms with Gasteiger partial charge in [-0.3, -0.25) is 4.90 Å². The molecule has 0 fully saturated rings. The third kappa shape index (κ3) is 2.83. The SMILES string of the molecule is CCN(CC)C(c1ccc(O)c(O)c1)c1c[nH]c2cccc(Cl)c12. The minimum atomic E-state index is -0.117. The smallest absolute Gasteiger partial charge is 0.157 e. The number of hydrogen-bond donors (Lipinski definition) is 3. The Hall–Kier alpha value is -2.17. The summed E-state index contributed by atoms with van der Waals surface area (Å²) in [4.78, 5) is 5.57. The standard InChI is InChI=1S/C19H21ClN2O2/c1-3-22(4-2)19(12-8-9-16(23)17(24)10-12)13-11-21-15-7-5-6-14(20)18(13)15/h5-11,19,21,23-24H,3-4H2,1-2H3. The number of aromatic nitrogens is 1. The van der Waals surface area contributed by atoms with Gasteiger partial charge in [-0.15, -0.1) is 0 Å². The van der Waals surface area contributed by atoms with Gasteiger partial charge in [-0.1, -0.05) is 37.6 Å². The van der Waals surface area contributed by atoms with Gasteiger partial charge in [-0.2, -0.15) is 0 Å². The van der Waals surface area contributed by atoms with Crippen molar-refractivity contribution in [1.82, 2.24) is 9.88 Å². The van der Waals surface area contributed by atoms with Crippen LogP contribution < -0.4 is 0 Å². The predicted molar refractivity (Wildman–Crippen MR) is 97.8 cm³/mol. The van der Waals surface area contributed by atoms with Gasteiger partial charge in [0, 0.05) is 22.7 Å². The minimum absolute atomic E-state index is 0.0693. The van der Waals surface area contributed by atoms with E-state index in [1.165, 1.54) is 6.07 Å². The lowest BCUT2D eigenvalue weighted by Crippen LogP contribution is -2.29. The van der Waals surface area contributed by atoms with E-state index in [1.807, 2.05) is 30.5 Å². The summed E-state index contributed by atoms with van der Waals surface area (Å²) in [5.41, 5.74) is 2.96. The van der Waals surface area contributed by atoms with E-state index < -0.39 is 0 Å². The summed E-state index contributed by atoms with van der Waals surface area (Å²) in [7, 11) is 0. The maximum absolute atomic E-state index is 9.94. The first-order valence-corrected chi connectivity index (χ1v) is 8.46. The predicted octanol–water partition coefficient (Wildman–Crippen LogP) is 4.66. The highest BCUT2D eigenvalue weighted by Gasteiger charge is 2.25. The molecule has 0 saturated heterocycles. The topological polar surface area (TPSA) is 59.5 Å². The van der Waals surface area contributed by atoms with Crippen molar-refractivity contribution in [2.45, 2.75) is 19.9 Å². The number of fused-ring (bicyclic) bond motifs is 1. The molecule has 0 aliphatic heterocycles. The Kier molecular flexibility index (Phi) is 4.69. The first kappa shape index (κ1) is 16.7. The number of halogens is 1. The number of H-pyrrole nitrogens is 1. The van der Waals surface area contributed by atoms with E-state index in [-0.39, 0.29) is 17.5 Å². The third-order valence-electron chi connectivity index (χ3n) is 4.47. The van der Waals surface area contributed by atoms with Crippen LogP contribution in [0.2, 0.25) is 5.02 Å². The number of phenols is 2. The Morgan fingerprint density at radius 1 is 1.08 bits per heavy atom. The van der Waals surface area contributed by atoms with Crippen LogP contribution in [0.15, 0.2) is 42.6 Å². The molecule has 0 saturated carbocycles. The number of rotatable bonds is 5. The quantitative estimate of drug-likeness (QED) is 0.590. The molecule has 3 N–H and O–H groups in total. The summed E-state index contributed by atoms with van der Waals surface area (Å²) < 4.78 is 0. The molecule has 3 aromatic rings. The lowest BCUT2D eigenvalue weighted by atomic mass is 9.96. The van der Waals surface area contributed by atoms with E-state index in [0.29, 0.717) is 5.02 Å². The van der Waals surface area contributed by atoms with Gasteiger partial charge in [0.1, 0.15) is 0 Å². The Balaban J connectivity index is 2.22. The van der Waals surface area contributed by atoms with Crippen molar-refractivity contribution in [3.8, 4) is 11.5 Å². The van der Waals surface area contributed by atoms with Gasteiger partial charge >= 0.3 is 0 Å². The molecule has 0 amide bonds. The second-order valence-electron chi connectivity index (χ2n) is 5.78. The Labute approximate surface area is 146 Å². The van der Waals surface area contributed by atoms with Crippen LogP contribution in [0, 0.1) is 0 Å². The summed E-state index contributed by atoms with van der Waals surface area (Å²) in [5.74, 6) is -0.232. The fourth-order valence-corrected chi connectivity index (χ4v) is 3.55. The van der Waals surface area contributed by atoms with E-state index in [9.17, 15) is 10.2 Å². The molecular formula is C19H21ClN2O2. The van der Waals surface area contributed by atoms with Crippen LogP contribution in [-0.2, 0) is 0 Å². The second kappa shape index (κ2) is 6.75. The van der Waals surface area contributed by atoms with Gasteiger partial charge < -0.3 is 15.2 Å². The lowest BCUT2D eigenvalue weighted by molar-refractivity contribution is 0.251. The van der Waals surface area contributed by atoms with Crippen LogP contribution in [0.3, 0.4) is 0 Å². The van der Waals surface area contributed by atoms with E-state index in [2.05, 4.69) is 23.7 Å². The van der Waals surface area contributed by atoms with Gasteiger partial charge in [0.05, 0.1) is 11.1 Å². The molecule has 0 radical (unpaired) electrons. The number of nitrogens with zero attached hydrogens (tertiary/aromatic N) is 1. The molecule has 3 rings (SSSR count). The minimum Gasteiger partial charge on any atom is -0.504 e. The molecule has 0 spiro atoms. The fraction of sp³-hybridized carbons (Fsp3) is 0.263. The largest absolute Gasteiger partial charge is 0.504 e. The van der Waals surface area contributed by atoms with Crippen molar-refractivity contribution in [1.29, 1.82) is 0 Å². The Morgan fingerprint density at radius 2 is 1.83 bits per heavy atom. The van der Waals surface area contributed by atoms with E-state index in [0.717, 1.165) is 35.1 Å². The summed E-state index contributed by atoms with van der Waals surface area (Å²) in [6.07, 6.45) is 1.98. The van der Waals surface area contributed by atoms with Crippen molar-refractivity contribution < 1.29 is 10.2 Å². The summed E-state index contributed by atoms with van der Waals surface area (Å²) in [5, 5.41) is 21.3. The first-order chi connectivity index (χ1) is 11.6. The van der Waals surface area contributed by atoms with Crippen molar-refractivity contribution in [2.75, 3.05) is 13.1 Å². The van der Waals surface area contributed by atoms with Crippen molar-refractivity contribution >= 4 is 22.5 Å². The summed E-state index contributed by atoms with van der Waals surface area (Å²) >= 11 is 6.45. The first-order valence-electron chi connectivity index (χ1n) is 8.08. The monoisotopic (exact) mass is 344 g/mol. The van der Waals surface area contributed by atoms with Crippen LogP contribution in [0.1, 0.15) is 31.0 Å². The van der Waals surface area contributed by atoms with Crippen LogP contribution in [0.25, 0.3) is 10.9 Å². The molecule has 24 heavy (non-hydrogen) atoms. The van der Waals surface area contributed by atoms with Gasteiger partial charge in [-0.05, 0) is 42.9 Å².